The minimum atomic E-state index is -1.39. The van der Waals surface area contributed by atoms with Crippen LogP contribution in [0.3, 0.4) is 0 Å². The fourth-order valence-electron chi connectivity index (χ4n) is 4.41. The van der Waals surface area contributed by atoms with Gasteiger partial charge >= 0.3 is 11.9 Å². The van der Waals surface area contributed by atoms with Crippen LogP contribution in [0.25, 0.3) is 0 Å². The van der Waals surface area contributed by atoms with Crippen molar-refractivity contribution in [2.75, 3.05) is 13.2 Å². The van der Waals surface area contributed by atoms with Crippen LogP contribution >= 0.6 is 0 Å². The summed E-state index contributed by atoms with van der Waals surface area (Å²) in [6.07, 6.45) is 30.8. The summed E-state index contributed by atoms with van der Waals surface area (Å²) in [4.78, 5) is 46.9. The van der Waals surface area contributed by atoms with E-state index < -0.39 is 24.5 Å². The van der Waals surface area contributed by atoms with Crippen LogP contribution in [0, 0.1) is 0 Å². The molecule has 9 nitrogen and oxygen atoms in total. The van der Waals surface area contributed by atoms with Gasteiger partial charge in [0.15, 0.2) is 0 Å². The minimum Gasteiger partial charge on any atom is -0.480 e. The van der Waals surface area contributed by atoms with Crippen molar-refractivity contribution in [2.24, 2.45) is 0 Å². The normalized spacial score (nSPS) is 13.0. The first-order valence-electron chi connectivity index (χ1n) is 16.9. The second-order valence-corrected chi connectivity index (χ2v) is 11.2. The summed E-state index contributed by atoms with van der Waals surface area (Å²) in [5.74, 6) is -2.44. The number of aliphatic hydroxyl groups excluding tert-OH is 1. The van der Waals surface area contributed by atoms with Crippen LogP contribution in [0.15, 0.2) is 36.5 Å². The molecule has 252 valence electrons. The molecule has 0 aliphatic carbocycles. The number of aliphatic hydroxyl groups is 1. The highest BCUT2D eigenvalue weighted by Gasteiger charge is 2.18. The van der Waals surface area contributed by atoms with Gasteiger partial charge in [0.1, 0.15) is 12.1 Å². The monoisotopic (exact) mass is 620 g/mol. The Morgan fingerprint density at radius 2 is 1.34 bits per heavy atom. The third kappa shape index (κ3) is 26.7. The average molecular weight is 621 g/mol. The molecule has 2 amide bonds. The third-order valence-electron chi connectivity index (χ3n) is 7.07. The molecule has 9 heteroatoms. The lowest BCUT2D eigenvalue weighted by Gasteiger charge is -2.15. The molecule has 0 aromatic rings. The Labute approximate surface area is 266 Å². The van der Waals surface area contributed by atoms with Gasteiger partial charge in [0.25, 0.3) is 0 Å². The summed E-state index contributed by atoms with van der Waals surface area (Å²) in [7, 11) is 0. The maximum absolute atomic E-state index is 12.4. The average Bonchev–Trinajstić information content (AvgIpc) is 3.00. The highest BCUT2D eigenvalue weighted by atomic mass is 16.5. The molecular formula is C35H60N2O7. The maximum atomic E-state index is 12.4. The Kier molecular flexibility index (Phi) is 28.1. The smallest absolute Gasteiger partial charge is 0.328 e. The van der Waals surface area contributed by atoms with Gasteiger partial charge in [0.05, 0.1) is 13.2 Å². The van der Waals surface area contributed by atoms with Gasteiger partial charge in [0.2, 0.25) is 11.8 Å². The summed E-state index contributed by atoms with van der Waals surface area (Å²) in [5, 5.41) is 22.4. The Balaban J connectivity index is 4.05. The van der Waals surface area contributed by atoms with Gasteiger partial charge in [-0.1, -0.05) is 95.6 Å². The first kappa shape index (κ1) is 41.1. The highest BCUT2D eigenvalue weighted by molar-refractivity contribution is 5.87. The van der Waals surface area contributed by atoms with E-state index >= 15 is 0 Å². The van der Waals surface area contributed by atoms with E-state index in [9.17, 15) is 19.2 Å². The molecule has 0 fully saturated rings. The molecule has 0 aliphatic rings. The molecule has 0 aliphatic heterocycles. The van der Waals surface area contributed by atoms with Gasteiger partial charge < -0.3 is 25.6 Å². The first-order valence-corrected chi connectivity index (χ1v) is 16.9. The Hall–Kier alpha value is -2.94. The molecule has 2 atom stereocenters. The van der Waals surface area contributed by atoms with Gasteiger partial charge in [0, 0.05) is 12.8 Å². The van der Waals surface area contributed by atoms with Crippen molar-refractivity contribution in [2.45, 2.75) is 148 Å². The topological polar surface area (TPSA) is 142 Å². The van der Waals surface area contributed by atoms with Crippen LogP contribution in [0.2, 0.25) is 0 Å². The van der Waals surface area contributed by atoms with Crippen LogP contribution in [0.1, 0.15) is 136 Å². The zero-order valence-electron chi connectivity index (χ0n) is 27.4. The van der Waals surface area contributed by atoms with Crippen molar-refractivity contribution >= 4 is 23.8 Å². The molecule has 0 rings (SSSR count). The number of carboxylic acids is 1. The number of unbranched alkanes of at least 4 members (excludes halogenated alkanes) is 11. The molecule has 0 radical (unpaired) electrons. The van der Waals surface area contributed by atoms with Crippen molar-refractivity contribution in [1.82, 2.24) is 10.6 Å². The molecule has 0 bridgehead atoms. The lowest BCUT2D eigenvalue weighted by Crippen LogP contribution is -2.47. The highest BCUT2D eigenvalue weighted by Crippen LogP contribution is 2.14. The van der Waals surface area contributed by atoms with E-state index in [0.29, 0.717) is 12.8 Å². The standard InChI is InChI=1S/C35H60N2O7/c1-3-5-7-8-9-10-11-12-13-14-15-16-17-23-27-34(41)44-30(24-20-6-4-2)25-21-18-19-22-26-32(39)36-28-33(40)37-31(29-38)35(42)43/h8-9,11-12,20,24,30-31,38H,3-7,10,13-19,21-23,25-29H2,1-2H3,(H,36,39)(H,37,40)(H,42,43)/b9-8-,12-11-,24-20-. The molecule has 0 saturated carbocycles. The van der Waals surface area contributed by atoms with Gasteiger partial charge in [-0.15, -0.1) is 0 Å². The van der Waals surface area contributed by atoms with Crippen molar-refractivity contribution in [3.05, 3.63) is 36.5 Å². The van der Waals surface area contributed by atoms with Crippen molar-refractivity contribution in [3.63, 3.8) is 0 Å². The quantitative estimate of drug-likeness (QED) is 0.0414. The van der Waals surface area contributed by atoms with E-state index in [4.69, 9.17) is 14.9 Å². The number of carbonyl (C=O) groups excluding carboxylic acids is 3. The van der Waals surface area contributed by atoms with Crippen LogP contribution in [-0.4, -0.2) is 59.3 Å². The predicted molar refractivity (Wildman–Crippen MR) is 176 cm³/mol. The molecule has 0 spiro atoms. The van der Waals surface area contributed by atoms with Crippen molar-refractivity contribution in [1.29, 1.82) is 0 Å². The number of carbonyl (C=O) groups is 4. The molecule has 0 aromatic heterocycles. The van der Waals surface area contributed by atoms with Gasteiger partial charge in [-0.25, -0.2) is 4.79 Å². The minimum absolute atomic E-state index is 0.138. The molecule has 0 saturated heterocycles. The summed E-state index contributed by atoms with van der Waals surface area (Å²) >= 11 is 0. The van der Waals surface area contributed by atoms with Crippen LogP contribution in [-0.2, 0) is 23.9 Å². The van der Waals surface area contributed by atoms with Gasteiger partial charge in [-0.2, -0.15) is 0 Å². The first-order chi connectivity index (χ1) is 21.3. The number of amides is 2. The lowest BCUT2D eigenvalue weighted by atomic mass is 10.1. The number of hydrogen-bond donors (Lipinski definition) is 4. The maximum Gasteiger partial charge on any atom is 0.328 e. The summed E-state index contributed by atoms with van der Waals surface area (Å²) in [6, 6.07) is -1.39. The molecule has 0 aromatic carbocycles. The molecule has 44 heavy (non-hydrogen) atoms. The number of hydrogen-bond acceptors (Lipinski definition) is 6. The largest absolute Gasteiger partial charge is 0.480 e. The van der Waals surface area contributed by atoms with Crippen molar-refractivity contribution < 1.29 is 34.1 Å². The van der Waals surface area contributed by atoms with E-state index in [1.165, 1.54) is 32.1 Å². The summed E-state index contributed by atoms with van der Waals surface area (Å²) < 4.78 is 5.77. The fraction of sp³-hybridized carbons (Fsp3) is 0.714. The molecule has 4 N–H and O–H groups in total. The number of rotatable bonds is 29. The second-order valence-electron chi connectivity index (χ2n) is 11.2. The molecular weight excluding hydrogens is 560 g/mol. The fourth-order valence-corrected chi connectivity index (χ4v) is 4.41. The number of aliphatic carboxylic acids is 1. The van der Waals surface area contributed by atoms with E-state index in [2.05, 4.69) is 54.9 Å². The third-order valence-corrected chi connectivity index (χ3v) is 7.07. The Bertz CT molecular complexity index is 854. The van der Waals surface area contributed by atoms with E-state index in [0.717, 1.165) is 70.6 Å². The number of esters is 1. The Morgan fingerprint density at radius 3 is 2.00 bits per heavy atom. The SMILES string of the molecule is CCC/C=C\C(CCCCCCC(=O)NCC(=O)NC(CO)C(=O)O)OC(=O)CCCCCCC/C=C\C/C=C\CCCC. The van der Waals surface area contributed by atoms with Crippen LogP contribution in [0.4, 0.5) is 0 Å². The second kappa shape index (κ2) is 30.1. The molecule has 2 unspecified atom stereocenters. The zero-order valence-corrected chi connectivity index (χ0v) is 27.4. The van der Waals surface area contributed by atoms with Gasteiger partial charge in [-0.05, 0) is 63.9 Å². The number of ether oxygens (including phenoxy) is 1. The number of carboxylic acid groups (broad SMARTS) is 1. The van der Waals surface area contributed by atoms with E-state index in [1.807, 2.05) is 6.08 Å². The van der Waals surface area contributed by atoms with E-state index in [-0.39, 0.29) is 30.9 Å². The van der Waals surface area contributed by atoms with Crippen molar-refractivity contribution in [3.8, 4) is 0 Å². The summed E-state index contributed by atoms with van der Waals surface area (Å²) in [6.45, 7) is 3.26. The van der Waals surface area contributed by atoms with Gasteiger partial charge in [-0.3, -0.25) is 14.4 Å². The Morgan fingerprint density at radius 1 is 0.705 bits per heavy atom. The van der Waals surface area contributed by atoms with Crippen LogP contribution < -0.4 is 10.6 Å². The van der Waals surface area contributed by atoms with E-state index in [1.54, 1.807) is 0 Å². The lowest BCUT2D eigenvalue weighted by molar-refractivity contribution is -0.147. The number of allylic oxidation sites excluding steroid dienone is 5. The zero-order chi connectivity index (χ0) is 32.7. The summed E-state index contributed by atoms with van der Waals surface area (Å²) in [5.41, 5.74) is 0. The predicted octanol–water partition coefficient (Wildman–Crippen LogP) is 6.70. The molecule has 0 heterocycles. The van der Waals surface area contributed by atoms with Crippen LogP contribution in [0.5, 0.6) is 0 Å². The number of nitrogens with one attached hydrogen (secondary N) is 2.